The highest BCUT2D eigenvalue weighted by Crippen LogP contribution is 2.22. The fourth-order valence-corrected chi connectivity index (χ4v) is 2.08. The van der Waals surface area contributed by atoms with Crippen LogP contribution in [0, 0.1) is 11.6 Å². The molecule has 1 N–H and O–H groups in total. The first kappa shape index (κ1) is 11.6. The van der Waals surface area contributed by atoms with Crippen LogP contribution in [-0.2, 0) is 0 Å². The molecule has 3 aromatic rings. The Morgan fingerprint density at radius 3 is 2.58 bits per heavy atom. The minimum Gasteiger partial charge on any atom is -0.360 e. The van der Waals surface area contributed by atoms with Gasteiger partial charge in [-0.25, -0.2) is 8.78 Å². The van der Waals surface area contributed by atoms with Crippen LogP contribution >= 0.6 is 0 Å². The van der Waals surface area contributed by atoms with E-state index in [9.17, 15) is 13.6 Å². The van der Waals surface area contributed by atoms with Gasteiger partial charge in [0, 0.05) is 28.7 Å². The van der Waals surface area contributed by atoms with Crippen LogP contribution in [0.2, 0.25) is 0 Å². The average Bonchev–Trinajstić information content (AvgIpc) is 2.82. The van der Waals surface area contributed by atoms with E-state index in [1.54, 1.807) is 12.1 Å². The van der Waals surface area contributed by atoms with Crippen molar-refractivity contribution in [3.05, 3.63) is 71.4 Å². The summed E-state index contributed by atoms with van der Waals surface area (Å²) in [5.74, 6) is -2.02. The molecule has 0 bridgehead atoms. The summed E-state index contributed by atoms with van der Waals surface area (Å²) in [6.07, 6.45) is 1.54. The number of fused-ring (bicyclic) bond motifs is 1. The zero-order valence-electron chi connectivity index (χ0n) is 9.78. The summed E-state index contributed by atoms with van der Waals surface area (Å²) in [5, 5.41) is 0.719. The Morgan fingerprint density at radius 1 is 1.00 bits per heavy atom. The molecular formula is C15H9F2NO. The number of ketones is 1. The van der Waals surface area contributed by atoms with Gasteiger partial charge in [0.15, 0.2) is 5.78 Å². The predicted molar refractivity (Wildman–Crippen MR) is 68.1 cm³/mol. The van der Waals surface area contributed by atoms with E-state index in [-0.39, 0.29) is 5.56 Å². The zero-order valence-corrected chi connectivity index (χ0v) is 9.78. The van der Waals surface area contributed by atoms with E-state index in [0.29, 0.717) is 11.6 Å². The van der Waals surface area contributed by atoms with Crippen LogP contribution in [0.4, 0.5) is 8.78 Å². The van der Waals surface area contributed by atoms with E-state index >= 15 is 0 Å². The van der Waals surface area contributed by atoms with Gasteiger partial charge in [0.25, 0.3) is 0 Å². The van der Waals surface area contributed by atoms with Crippen molar-refractivity contribution in [2.45, 2.75) is 0 Å². The molecule has 0 saturated carbocycles. The molecular weight excluding hydrogens is 248 g/mol. The molecule has 0 atom stereocenters. The number of aromatic amines is 1. The van der Waals surface area contributed by atoms with Crippen molar-refractivity contribution in [3.8, 4) is 0 Å². The van der Waals surface area contributed by atoms with Gasteiger partial charge in [-0.15, -0.1) is 0 Å². The lowest BCUT2D eigenvalue weighted by molar-refractivity contribution is 0.103. The van der Waals surface area contributed by atoms with Gasteiger partial charge in [0.05, 0.1) is 5.56 Å². The van der Waals surface area contributed by atoms with Crippen LogP contribution in [-0.4, -0.2) is 10.8 Å². The number of carbonyl (C=O) groups is 1. The molecule has 1 aromatic heterocycles. The minimum atomic E-state index is -0.852. The molecule has 0 spiro atoms. The molecule has 0 aliphatic rings. The topological polar surface area (TPSA) is 32.9 Å². The molecule has 0 saturated heterocycles. The van der Waals surface area contributed by atoms with E-state index in [1.807, 2.05) is 12.1 Å². The fraction of sp³-hybridized carbons (Fsp3) is 0. The first-order chi connectivity index (χ1) is 9.16. The summed E-state index contributed by atoms with van der Waals surface area (Å²) < 4.78 is 26.5. The van der Waals surface area contributed by atoms with E-state index in [4.69, 9.17) is 0 Å². The minimum absolute atomic E-state index is 0.133. The van der Waals surface area contributed by atoms with Gasteiger partial charge in [-0.05, 0) is 18.2 Å². The molecule has 1 heterocycles. The highest BCUT2D eigenvalue weighted by atomic mass is 19.1. The molecule has 3 rings (SSSR count). The van der Waals surface area contributed by atoms with Crippen molar-refractivity contribution >= 4 is 16.7 Å². The second-order valence-corrected chi connectivity index (χ2v) is 4.20. The molecule has 0 aliphatic carbocycles. The third kappa shape index (κ3) is 1.91. The molecule has 4 heteroatoms. The first-order valence-corrected chi connectivity index (χ1v) is 5.72. The first-order valence-electron chi connectivity index (χ1n) is 5.72. The van der Waals surface area contributed by atoms with Crippen molar-refractivity contribution in [1.29, 1.82) is 0 Å². The van der Waals surface area contributed by atoms with Crippen molar-refractivity contribution in [1.82, 2.24) is 4.98 Å². The van der Waals surface area contributed by atoms with Crippen molar-refractivity contribution < 1.29 is 13.6 Å². The molecule has 0 amide bonds. The van der Waals surface area contributed by atoms with Crippen molar-refractivity contribution in [2.24, 2.45) is 0 Å². The number of para-hydroxylation sites is 1. The van der Waals surface area contributed by atoms with Crippen LogP contribution in [0.15, 0.2) is 48.7 Å². The molecule has 0 aliphatic heterocycles. The van der Waals surface area contributed by atoms with Gasteiger partial charge in [0.2, 0.25) is 0 Å². The number of hydrogen-bond donors (Lipinski definition) is 1. The lowest BCUT2D eigenvalue weighted by Crippen LogP contribution is -2.04. The fourth-order valence-electron chi connectivity index (χ4n) is 2.08. The number of carbonyl (C=O) groups excluding carboxylic acids is 1. The monoisotopic (exact) mass is 257 g/mol. The maximum Gasteiger partial charge on any atom is 0.198 e. The van der Waals surface area contributed by atoms with Gasteiger partial charge in [-0.1, -0.05) is 18.2 Å². The molecule has 19 heavy (non-hydrogen) atoms. The number of hydrogen-bond acceptors (Lipinski definition) is 1. The van der Waals surface area contributed by atoms with E-state index in [1.165, 1.54) is 6.20 Å². The number of H-pyrrole nitrogens is 1. The van der Waals surface area contributed by atoms with E-state index in [2.05, 4.69) is 4.98 Å². The lowest BCUT2D eigenvalue weighted by Gasteiger charge is -2.01. The Kier molecular flexibility index (Phi) is 2.63. The molecule has 0 unspecified atom stereocenters. The van der Waals surface area contributed by atoms with Gasteiger partial charge in [0.1, 0.15) is 11.6 Å². The maximum absolute atomic E-state index is 13.6. The van der Waals surface area contributed by atoms with Gasteiger partial charge in [-0.3, -0.25) is 4.79 Å². The predicted octanol–water partition coefficient (Wildman–Crippen LogP) is 3.68. The number of aromatic nitrogens is 1. The van der Waals surface area contributed by atoms with Crippen LogP contribution in [0.25, 0.3) is 10.9 Å². The Morgan fingerprint density at radius 2 is 1.79 bits per heavy atom. The molecule has 94 valence electrons. The largest absolute Gasteiger partial charge is 0.360 e. The normalized spacial score (nSPS) is 10.8. The average molecular weight is 257 g/mol. The number of rotatable bonds is 2. The smallest absolute Gasteiger partial charge is 0.198 e. The summed E-state index contributed by atoms with van der Waals surface area (Å²) in [6, 6.07) is 10.2. The van der Waals surface area contributed by atoms with Gasteiger partial charge >= 0.3 is 0 Å². The van der Waals surface area contributed by atoms with Gasteiger partial charge in [-0.2, -0.15) is 0 Å². The third-order valence-corrected chi connectivity index (χ3v) is 3.01. The molecule has 2 aromatic carbocycles. The number of halogens is 2. The van der Waals surface area contributed by atoms with E-state index < -0.39 is 17.4 Å². The van der Waals surface area contributed by atoms with Crippen molar-refractivity contribution in [3.63, 3.8) is 0 Å². The van der Waals surface area contributed by atoms with Crippen molar-refractivity contribution in [2.75, 3.05) is 0 Å². The lowest BCUT2D eigenvalue weighted by atomic mass is 10.0. The second kappa shape index (κ2) is 4.31. The Hall–Kier alpha value is -2.49. The SMILES string of the molecule is O=C(c1ccc(F)cc1F)c1c[nH]c2ccccc12. The summed E-state index contributed by atoms with van der Waals surface area (Å²) in [7, 11) is 0. The van der Waals surface area contributed by atoms with E-state index in [0.717, 1.165) is 23.0 Å². The molecule has 2 nitrogen and oxygen atoms in total. The van der Waals surface area contributed by atoms with Gasteiger partial charge < -0.3 is 4.98 Å². The van der Waals surface area contributed by atoms with Crippen LogP contribution < -0.4 is 0 Å². The molecule has 0 fully saturated rings. The highest BCUT2D eigenvalue weighted by Gasteiger charge is 2.17. The number of benzene rings is 2. The summed E-state index contributed by atoms with van der Waals surface area (Å²) in [5.41, 5.74) is 1.04. The molecule has 0 radical (unpaired) electrons. The van der Waals surface area contributed by atoms with Crippen LogP contribution in [0.5, 0.6) is 0 Å². The number of nitrogens with one attached hydrogen (secondary N) is 1. The standard InChI is InChI=1S/C15H9F2NO/c16-9-5-6-11(13(17)7-9)15(19)12-8-18-14-4-2-1-3-10(12)14/h1-8,18H. The summed E-state index contributed by atoms with van der Waals surface area (Å²) >= 11 is 0. The summed E-state index contributed by atoms with van der Waals surface area (Å²) in [6.45, 7) is 0. The zero-order chi connectivity index (χ0) is 13.4. The van der Waals surface area contributed by atoms with Crippen LogP contribution in [0.3, 0.4) is 0 Å². The Labute approximate surface area is 107 Å². The van der Waals surface area contributed by atoms with Crippen LogP contribution in [0.1, 0.15) is 15.9 Å². The highest BCUT2D eigenvalue weighted by molar-refractivity contribution is 6.16. The summed E-state index contributed by atoms with van der Waals surface area (Å²) in [4.78, 5) is 15.2. The third-order valence-electron chi connectivity index (χ3n) is 3.01. The second-order valence-electron chi connectivity index (χ2n) is 4.20. The maximum atomic E-state index is 13.6. The Balaban J connectivity index is 2.13. The Bertz CT molecular complexity index is 777. The quantitative estimate of drug-likeness (QED) is 0.698.